The highest BCUT2D eigenvalue weighted by molar-refractivity contribution is 7.91. The van der Waals surface area contributed by atoms with Gasteiger partial charge in [0.05, 0.1) is 16.7 Å². The van der Waals surface area contributed by atoms with Gasteiger partial charge in [-0.2, -0.15) is 5.26 Å². The number of benzene rings is 2. The van der Waals surface area contributed by atoms with Crippen LogP contribution in [-0.2, 0) is 16.4 Å². The van der Waals surface area contributed by atoms with E-state index < -0.39 is 15.6 Å². The summed E-state index contributed by atoms with van der Waals surface area (Å²) in [6.07, 6.45) is 0. The number of nitriles is 1. The minimum Gasteiger partial charge on any atom is -0.380 e. The zero-order chi connectivity index (χ0) is 15.3. The molecule has 0 radical (unpaired) electrons. The number of rotatable bonds is 5. The third-order valence-electron chi connectivity index (χ3n) is 2.87. The molecule has 2 aromatic carbocycles. The third kappa shape index (κ3) is 3.97. The second kappa shape index (κ2) is 6.61. The summed E-state index contributed by atoms with van der Waals surface area (Å²) in [4.78, 5) is 0.139. The molecule has 21 heavy (non-hydrogen) atoms. The molecule has 2 aromatic rings. The smallest absolute Gasteiger partial charge is 0.193 e. The standard InChI is InChI=1S/C15H13ClN2O2S/c16-13-7-5-12(6-8-13)11-18-14-3-1-2-4-15(14)21(19,20)10-9-17/h1-8,18H,10-11H2. The SMILES string of the molecule is N#CCS(=O)(=O)c1ccccc1NCc1ccc(Cl)cc1. The van der Waals surface area contributed by atoms with E-state index in [4.69, 9.17) is 16.9 Å². The lowest BCUT2D eigenvalue weighted by Crippen LogP contribution is -2.09. The van der Waals surface area contributed by atoms with Crippen molar-refractivity contribution in [1.82, 2.24) is 0 Å². The number of sulfone groups is 1. The Labute approximate surface area is 128 Å². The van der Waals surface area contributed by atoms with E-state index in [9.17, 15) is 8.42 Å². The minimum atomic E-state index is -3.60. The number of anilines is 1. The van der Waals surface area contributed by atoms with Gasteiger partial charge < -0.3 is 5.32 Å². The minimum absolute atomic E-state index is 0.139. The molecule has 0 saturated carbocycles. The number of nitrogens with one attached hydrogen (secondary N) is 1. The first-order valence-electron chi connectivity index (χ1n) is 6.20. The van der Waals surface area contributed by atoms with Crippen molar-refractivity contribution in [3.63, 3.8) is 0 Å². The Bertz CT molecular complexity index is 765. The van der Waals surface area contributed by atoms with Crippen LogP contribution in [0.3, 0.4) is 0 Å². The summed E-state index contributed by atoms with van der Waals surface area (Å²) < 4.78 is 24.1. The van der Waals surface area contributed by atoms with Gasteiger partial charge in [0.25, 0.3) is 0 Å². The molecule has 0 atom stereocenters. The Hall–Kier alpha value is -2.03. The van der Waals surface area contributed by atoms with Gasteiger partial charge >= 0.3 is 0 Å². The third-order valence-corrected chi connectivity index (χ3v) is 4.66. The molecule has 0 amide bonds. The fourth-order valence-corrected chi connectivity index (χ4v) is 3.06. The van der Waals surface area contributed by atoms with Crippen LogP contribution in [-0.4, -0.2) is 14.2 Å². The van der Waals surface area contributed by atoms with Crippen LogP contribution in [0.5, 0.6) is 0 Å². The van der Waals surface area contributed by atoms with Crippen LogP contribution in [0.2, 0.25) is 5.02 Å². The first-order chi connectivity index (χ1) is 10.0. The summed E-state index contributed by atoms with van der Waals surface area (Å²) in [6.45, 7) is 0.469. The van der Waals surface area contributed by atoms with E-state index in [2.05, 4.69) is 5.32 Å². The highest BCUT2D eigenvalue weighted by Gasteiger charge is 2.17. The summed E-state index contributed by atoms with van der Waals surface area (Å²) in [5.41, 5.74) is 1.47. The lowest BCUT2D eigenvalue weighted by Gasteiger charge is -2.11. The van der Waals surface area contributed by atoms with E-state index in [1.165, 1.54) is 6.07 Å². The predicted octanol–water partition coefficient (Wildman–Crippen LogP) is 3.25. The highest BCUT2D eigenvalue weighted by atomic mass is 35.5. The molecule has 6 heteroatoms. The average molecular weight is 321 g/mol. The molecule has 0 unspecified atom stereocenters. The Morgan fingerprint density at radius 2 is 1.76 bits per heavy atom. The lowest BCUT2D eigenvalue weighted by atomic mass is 10.2. The van der Waals surface area contributed by atoms with Crippen LogP contribution >= 0.6 is 11.6 Å². The van der Waals surface area contributed by atoms with Crippen molar-refractivity contribution in [2.24, 2.45) is 0 Å². The molecule has 1 N–H and O–H groups in total. The lowest BCUT2D eigenvalue weighted by molar-refractivity contribution is 0.599. The van der Waals surface area contributed by atoms with Crippen LogP contribution in [0.15, 0.2) is 53.4 Å². The summed E-state index contributed by atoms with van der Waals surface area (Å²) in [5.74, 6) is -0.535. The van der Waals surface area contributed by atoms with E-state index >= 15 is 0 Å². The van der Waals surface area contributed by atoms with Crippen LogP contribution in [0.4, 0.5) is 5.69 Å². The van der Waals surface area contributed by atoms with Crippen LogP contribution in [0, 0.1) is 11.3 Å². The summed E-state index contributed by atoms with van der Waals surface area (Å²) in [6, 6.07) is 15.5. The molecule has 0 aliphatic carbocycles. The second-order valence-electron chi connectivity index (χ2n) is 4.39. The van der Waals surface area contributed by atoms with Gasteiger partial charge in [-0.15, -0.1) is 0 Å². The van der Waals surface area contributed by atoms with Gasteiger partial charge in [-0.05, 0) is 29.8 Å². The molecule has 0 aromatic heterocycles. The average Bonchev–Trinajstić information content (AvgIpc) is 2.47. The van der Waals surface area contributed by atoms with Crippen molar-refractivity contribution >= 4 is 27.1 Å². The van der Waals surface area contributed by atoms with Gasteiger partial charge in [-0.25, -0.2) is 8.42 Å². The van der Waals surface area contributed by atoms with Crippen LogP contribution in [0.1, 0.15) is 5.56 Å². The largest absolute Gasteiger partial charge is 0.380 e. The fraction of sp³-hybridized carbons (Fsp3) is 0.133. The quantitative estimate of drug-likeness (QED) is 0.918. The van der Waals surface area contributed by atoms with Gasteiger partial charge in [-0.1, -0.05) is 35.9 Å². The van der Waals surface area contributed by atoms with Gasteiger partial charge in [-0.3, -0.25) is 0 Å². The number of halogens is 1. The van der Waals surface area contributed by atoms with E-state index in [1.807, 2.05) is 12.1 Å². The molecule has 0 aliphatic heterocycles. The fourth-order valence-electron chi connectivity index (χ4n) is 1.85. The number of hydrogen-bond acceptors (Lipinski definition) is 4. The van der Waals surface area contributed by atoms with Crippen molar-refractivity contribution in [3.8, 4) is 6.07 Å². The Morgan fingerprint density at radius 1 is 1.10 bits per heavy atom. The zero-order valence-electron chi connectivity index (χ0n) is 11.1. The van der Waals surface area contributed by atoms with E-state index in [1.54, 1.807) is 36.4 Å². The van der Waals surface area contributed by atoms with Crippen LogP contribution in [0.25, 0.3) is 0 Å². The van der Waals surface area contributed by atoms with Crippen molar-refractivity contribution in [3.05, 3.63) is 59.1 Å². The molecule has 0 aliphatic rings. The van der Waals surface area contributed by atoms with Gasteiger partial charge in [0, 0.05) is 11.6 Å². The maximum atomic E-state index is 12.0. The van der Waals surface area contributed by atoms with Gasteiger partial charge in [0.15, 0.2) is 9.84 Å². The molecule has 108 valence electrons. The Morgan fingerprint density at radius 3 is 2.43 bits per heavy atom. The van der Waals surface area contributed by atoms with E-state index in [0.29, 0.717) is 17.3 Å². The Kier molecular flexibility index (Phi) is 4.84. The highest BCUT2D eigenvalue weighted by Crippen LogP contribution is 2.22. The zero-order valence-corrected chi connectivity index (χ0v) is 12.7. The summed E-state index contributed by atoms with van der Waals surface area (Å²) in [7, 11) is -3.60. The molecular weight excluding hydrogens is 308 g/mol. The van der Waals surface area contributed by atoms with E-state index in [0.717, 1.165) is 5.56 Å². The Balaban J connectivity index is 2.21. The molecule has 0 heterocycles. The molecule has 0 bridgehead atoms. The number of hydrogen-bond donors (Lipinski definition) is 1. The summed E-state index contributed by atoms with van der Waals surface area (Å²) >= 11 is 5.82. The van der Waals surface area contributed by atoms with Crippen LogP contribution < -0.4 is 5.32 Å². The normalized spacial score (nSPS) is 10.9. The molecule has 0 fully saturated rings. The molecular formula is C15H13ClN2O2S. The molecule has 0 spiro atoms. The number of nitrogens with zero attached hydrogens (tertiary/aromatic N) is 1. The topological polar surface area (TPSA) is 70.0 Å². The maximum Gasteiger partial charge on any atom is 0.193 e. The first kappa shape index (κ1) is 15.4. The van der Waals surface area contributed by atoms with Crippen molar-refractivity contribution in [2.75, 3.05) is 11.1 Å². The number of para-hydroxylation sites is 1. The molecule has 4 nitrogen and oxygen atoms in total. The van der Waals surface area contributed by atoms with Gasteiger partial charge in [0.1, 0.15) is 5.75 Å². The summed E-state index contributed by atoms with van der Waals surface area (Å²) in [5, 5.41) is 12.4. The van der Waals surface area contributed by atoms with E-state index in [-0.39, 0.29) is 4.90 Å². The second-order valence-corrected chi connectivity index (χ2v) is 6.79. The predicted molar refractivity (Wildman–Crippen MR) is 82.9 cm³/mol. The van der Waals surface area contributed by atoms with Gasteiger partial charge in [0.2, 0.25) is 0 Å². The monoisotopic (exact) mass is 320 g/mol. The first-order valence-corrected chi connectivity index (χ1v) is 8.23. The molecule has 2 rings (SSSR count). The van der Waals surface area contributed by atoms with Crippen molar-refractivity contribution in [1.29, 1.82) is 5.26 Å². The molecule has 0 saturated heterocycles. The maximum absolute atomic E-state index is 12.0. The van der Waals surface area contributed by atoms with Crippen molar-refractivity contribution < 1.29 is 8.42 Å². The van der Waals surface area contributed by atoms with Crippen molar-refractivity contribution in [2.45, 2.75) is 11.4 Å².